The zero-order chi connectivity index (χ0) is 59.9. The molecule has 0 aliphatic rings. The summed E-state index contributed by atoms with van der Waals surface area (Å²) in [6.07, 6.45) is 91.6. The Morgan fingerprint density at radius 3 is 0.735 bits per heavy atom. The van der Waals surface area contributed by atoms with Gasteiger partial charge in [-0.05, 0) is 57.8 Å². The fourth-order valence-electron chi connectivity index (χ4n) is 11.3. The van der Waals surface area contributed by atoms with Crippen LogP contribution in [-0.4, -0.2) is 37.2 Å². The second-order valence-electron chi connectivity index (χ2n) is 25.2. The number of carbonyl (C=O) groups excluding carboxylic acids is 3. The molecule has 0 N–H and O–H groups in total. The number of ether oxygens (including phenoxy) is 3. The molecule has 0 bridgehead atoms. The lowest BCUT2D eigenvalue weighted by molar-refractivity contribution is -0.167. The van der Waals surface area contributed by atoms with E-state index in [9.17, 15) is 14.4 Å². The molecule has 0 saturated carbocycles. The molecule has 1 atom stereocenters. The van der Waals surface area contributed by atoms with Crippen molar-refractivity contribution in [2.24, 2.45) is 0 Å². The van der Waals surface area contributed by atoms with E-state index in [-0.39, 0.29) is 31.1 Å². The highest BCUT2D eigenvalue weighted by atomic mass is 16.6. The largest absolute Gasteiger partial charge is 0.462 e. The number of esters is 3. The lowest BCUT2D eigenvalue weighted by atomic mass is 10.0. The molecule has 6 heteroatoms. The Kier molecular flexibility index (Phi) is 69.6. The molecule has 486 valence electrons. The third kappa shape index (κ3) is 70.0. The van der Waals surface area contributed by atoms with E-state index in [4.69, 9.17) is 14.2 Å². The van der Waals surface area contributed by atoms with E-state index < -0.39 is 6.10 Å². The number of hydrogen-bond donors (Lipinski definition) is 0. The predicted octanol–water partition coefficient (Wildman–Crippen LogP) is 25.7. The van der Waals surface area contributed by atoms with E-state index in [1.165, 1.54) is 283 Å². The molecule has 0 aromatic rings. The normalized spacial score (nSPS) is 12.3. The van der Waals surface area contributed by atoms with Gasteiger partial charge in [0.2, 0.25) is 0 Å². The Labute approximate surface area is 518 Å². The minimum atomic E-state index is -0.767. The number of hydrogen-bond acceptors (Lipinski definition) is 6. The molecule has 0 amide bonds. The van der Waals surface area contributed by atoms with Crippen molar-refractivity contribution in [1.82, 2.24) is 0 Å². The first-order valence-electron chi connectivity index (χ1n) is 37.1. The van der Waals surface area contributed by atoms with Gasteiger partial charge in [0.25, 0.3) is 0 Å². The predicted molar refractivity (Wildman–Crippen MR) is 362 cm³/mol. The van der Waals surface area contributed by atoms with E-state index in [0.29, 0.717) is 19.3 Å². The third-order valence-corrected chi connectivity index (χ3v) is 16.8. The molecule has 0 aliphatic heterocycles. The summed E-state index contributed by atoms with van der Waals surface area (Å²) in [7, 11) is 0. The highest BCUT2D eigenvalue weighted by molar-refractivity contribution is 5.71. The fraction of sp³-hybridized carbons (Fsp3) is 0.857. The summed E-state index contributed by atoms with van der Waals surface area (Å²) in [6.45, 7) is 6.61. The second-order valence-corrected chi connectivity index (χ2v) is 25.2. The van der Waals surface area contributed by atoms with E-state index in [1.54, 1.807) is 0 Å². The topological polar surface area (TPSA) is 78.9 Å². The molecule has 0 fully saturated rings. The van der Waals surface area contributed by atoms with Crippen LogP contribution in [0.5, 0.6) is 0 Å². The second kappa shape index (κ2) is 71.8. The maximum absolute atomic E-state index is 13.0. The van der Waals surface area contributed by atoms with Gasteiger partial charge in [0, 0.05) is 19.3 Å². The lowest BCUT2D eigenvalue weighted by Crippen LogP contribution is -2.30. The van der Waals surface area contributed by atoms with Crippen molar-refractivity contribution in [2.45, 2.75) is 412 Å². The summed E-state index contributed by atoms with van der Waals surface area (Å²) in [5.74, 6) is -0.830. The molecule has 0 spiro atoms. The van der Waals surface area contributed by atoms with Crippen molar-refractivity contribution in [2.75, 3.05) is 13.2 Å². The van der Waals surface area contributed by atoms with Gasteiger partial charge in [-0.3, -0.25) is 14.4 Å². The standard InChI is InChI=1S/C77H142O6/c1-4-7-10-13-16-19-22-25-27-29-31-32-33-34-35-36-37-38-39-40-41-42-43-44-46-47-49-52-55-58-61-64-67-70-76(79)82-73-74(72-81-75(78)69-66-63-60-57-54-51-24-21-18-15-12-9-6-3)83-77(80)71-68-65-62-59-56-53-50-48-45-30-28-26-23-20-17-14-11-8-5-2/h7,10,16,19,25,27,31-32,74H,4-6,8-9,11-15,17-18,20-24,26,28-30,33-73H2,1-3H3/b10-7-,19-16-,27-25-,32-31-. The molecule has 0 rings (SSSR count). The molecule has 83 heavy (non-hydrogen) atoms. The maximum Gasteiger partial charge on any atom is 0.306 e. The third-order valence-electron chi connectivity index (χ3n) is 16.8. The summed E-state index contributed by atoms with van der Waals surface area (Å²) in [5.41, 5.74) is 0. The van der Waals surface area contributed by atoms with Gasteiger partial charge in [-0.15, -0.1) is 0 Å². The first-order chi connectivity index (χ1) is 41.0. The van der Waals surface area contributed by atoms with Crippen molar-refractivity contribution < 1.29 is 28.6 Å². The SMILES string of the molecule is CC/C=C\C/C=C\C/C=C\C/C=C\CCCCCCCCCCCCCCCCCCCCCCC(=O)OCC(COC(=O)CCCCCCCCCCCCCCC)OC(=O)CCCCCCCCCCCCCCCCCCCCC. The van der Waals surface area contributed by atoms with Gasteiger partial charge in [-0.2, -0.15) is 0 Å². The molecule has 0 aromatic carbocycles. The van der Waals surface area contributed by atoms with Crippen LogP contribution in [0, 0.1) is 0 Å². The zero-order valence-corrected chi connectivity index (χ0v) is 56.0. The van der Waals surface area contributed by atoms with Gasteiger partial charge >= 0.3 is 17.9 Å². The lowest BCUT2D eigenvalue weighted by Gasteiger charge is -2.18. The Hall–Kier alpha value is -2.63. The van der Waals surface area contributed by atoms with Gasteiger partial charge in [0.15, 0.2) is 6.10 Å². The first-order valence-corrected chi connectivity index (χ1v) is 37.1. The molecular weight excluding hydrogens is 1020 g/mol. The van der Waals surface area contributed by atoms with Gasteiger partial charge in [-0.1, -0.05) is 378 Å². The molecule has 0 saturated heterocycles. The molecule has 6 nitrogen and oxygen atoms in total. The molecule has 0 radical (unpaired) electrons. The average Bonchev–Trinajstić information content (AvgIpc) is 3.49. The van der Waals surface area contributed by atoms with E-state index in [2.05, 4.69) is 69.4 Å². The molecular formula is C77H142O6. The number of unbranched alkanes of at least 4 members (excludes halogenated alkanes) is 50. The number of allylic oxidation sites excluding steroid dienone is 8. The van der Waals surface area contributed by atoms with Crippen LogP contribution in [0.15, 0.2) is 48.6 Å². The van der Waals surface area contributed by atoms with Gasteiger partial charge in [0.1, 0.15) is 13.2 Å². The highest BCUT2D eigenvalue weighted by Crippen LogP contribution is 2.19. The van der Waals surface area contributed by atoms with Crippen LogP contribution in [0.1, 0.15) is 406 Å². The maximum atomic E-state index is 13.0. The van der Waals surface area contributed by atoms with Gasteiger partial charge in [-0.25, -0.2) is 0 Å². The van der Waals surface area contributed by atoms with Crippen LogP contribution in [0.3, 0.4) is 0 Å². The summed E-state index contributed by atoms with van der Waals surface area (Å²) >= 11 is 0. The quantitative estimate of drug-likeness (QED) is 0.0261. The summed E-state index contributed by atoms with van der Waals surface area (Å²) in [5, 5.41) is 0. The highest BCUT2D eigenvalue weighted by Gasteiger charge is 2.20. The summed E-state index contributed by atoms with van der Waals surface area (Å²) < 4.78 is 17.0. The van der Waals surface area contributed by atoms with Crippen LogP contribution in [0.2, 0.25) is 0 Å². The minimum absolute atomic E-state index is 0.0641. The van der Waals surface area contributed by atoms with Gasteiger partial charge < -0.3 is 14.2 Å². The van der Waals surface area contributed by atoms with Crippen molar-refractivity contribution in [3.63, 3.8) is 0 Å². The fourth-order valence-corrected chi connectivity index (χ4v) is 11.3. The monoisotopic (exact) mass is 1160 g/mol. The van der Waals surface area contributed by atoms with Crippen LogP contribution < -0.4 is 0 Å². The van der Waals surface area contributed by atoms with E-state index >= 15 is 0 Å². The van der Waals surface area contributed by atoms with Crippen LogP contribution >= 0.6 is 0 Å². The first kappa shape index (κ1) is 80.4. The molecule has 0 aliphatic carbocycles. The van der Waals surface area contributed by atoms with Crippen LogP contribution in [0.25, 0.3) is 0 Å². The summed E-state index contributed by atoms with van der Waals surface area (Å²) in [4.78, 5) is 38.4. The van der Waals surface area contributed by atoms with Crippen molar-refractivity contribution in [3.05, 3.63) is 48.6 Å². The number of carbonyl (C=O) groups is 3. The van der Waals surface area contributed by atoms with E-state index in [1.807, 2.05) is 0 Å². The summed E-state index contributed by atoms with van der Waals surface area (Å²) in [6, 6.07) is 0. The average molecular weight is 1160 g/mol. The smallest absolute Gasteiger partial charge is 0.306 e. The molecule has 1 unspecified atom stereocenters. The van der Waals surface area contributed by atoms with Crippen LogP contribution in [0.4, 0.5) is 0 Å². The Bertz CT molecular complexity index is 1430. The van der Waals surface area contributed by atoms with Crippen molar-refractivity contribution in [3.8, 4) is 0 Å². The Morgan fingerprint density at radius 1 is 0.253 bits per heavy atom. The van der Waals surface area contributed by atoms with Crippen molar-refractivity contribution in [1.29, 1.82) is 0 Å². The minimum Gasteiger partial charge on any atom is -0.462 e. The van der Waals surface area contributed by atoms with E-state index in [0.717, 1.165) is 83.5 Å². The van der Waals surface area contributed by atoms with Gasteiger partial charge in [0.05, 0.1) is 0 Å². The van der Waals surface area contributed by atoms with Crippen LogP contribution in [-0.2, 0) is 28.6 Å². The Morgan fingerprint density at radius 2 is 0.470 bits per heavy atom. The van der Waals surface area contributed by atoms with Crippen molar-refractivity contribution >= 4 is 17.9 Å². The molecule has 0 aromatic heterocycles. The molecule has 0 heterocycles. The Balaban J connectivity index is 4.12. The zero-order valence-electron chi connectivity index (χ0n) is 56.0. The number of rotatable bonds is 69.